The molecule has 0 aliphatic carbocycles. The fourth-order valence-electron chi connectivity index (χ4n) is 2.54. The van der Waals surface area contributed by atoms with E-state index in [2.05, 4.69) is 28.5 Å². The van der Waals surface area contributed by atoms with E-state index in [1.165, 1.54) is 0 Å². The number of rotatable bonds is 13. The van der Waals surface area contributed by atoms with Crippen molar-refractivity contribution in [2.24, 2.45) is 0 Å². The Morgan fingerprint density at radius 1 is 0.970 bits per heavy atom. The molecule has 0 aromatic heterocycles. The van der Waals surface area contributed by atoms with Gasteiger partial charge in [0.1, 0.15) is 24.0 Å². The van der Waals surface area contributed by atoms with Crippen molar-refractivity contribution in [1.82, 2.24) is 16.0 Å². The van der Waals surface area contributed by atoms with Crippen molar-refractivity contribution in [2.45, 2.75) is 45.4 Å². The lowest BCUT2D eigenvalue weighted by Crippen LogP contribution is -2.49. The van der Waals surface area contributed by atoms with Crippen LogP contribution in [0.1, 0.15) is 32.8 Å². The van der Waals surface area contributed by atoms with Crippen LogP contribution in [0, 0.1) is 0 Å². The van der Waals surface area contributed by atoms with Gasteiger partial charge in [-0.1, -0.05) is 30.3 Å². The first kappa shape index (κ1) is 28.6. The molecule has 186 valence electrons. The summed E-state index contributed by atoms with van der Waals surface area (Å²) in [5.41, 5.74) is 0.272. The van der Waals surface area contributed by atoms with Crippen LogP contribution in [0.15, 0.2) is 30.3 Å². The van der Waals surface area contributed by atoms with Crippen LogP contribution in [0.4, 0.5) is 9.59 Å². The third kappa shape index (κ3) is 15.1. The topological polar surface area (TPSA) is 115 Å². The number of nitrogens with one attached hydrogen (secondary N) is 3. The number of hydrogen-bond acceptors (Lipinski definition) is 6. The van der Waals surface area contributed by atoms with Gasteiger partial charge in [-0.3, -0.25) is 4.79 Å². The maximum Gasteiger partial charge on any atom is 0.408 e. The van der Waals surface area contributed by atoms with E-state index in [4.69, 9.17) is 14.2 Å². The molecule has 0 fully saturated rings. The maximum atomic E-state index is 12.5. The number of amides is 3. The Labute approximate surface area is 199 Å². The summed E-state index contributed by atoms with van der Waals surface area (Å²) in [6.45, 7) is 6.65. The van der Waals surface area contributed by atoms with Crippen LogP contribution in [-0.4, -0.2) is 74.3 Å². The Bertz CT molecular complexity index is 725. The van der Waals surface area contributed by atoms with Gasteiger partial charge in [0.05, 0.1) is 25.7 Å². The van der Waals surface area contributed by atoms with E-state index in [1.54, 1.807) is 20.8 Å². The molecule has 0 aliphatic heterocycles. The molecule has 1 aromatic rings. The van der Waals surface area contributed by atoms with E-state index in [0.29, 0.717) is 13.0 Å². The van der Waals surface area contributed by atoms with Gasteiger partial charge >= 0.3 is 12.2 Å². The summed E-state index contributed by atoms with van der Waals surface area (Å²) >= 11 is 0. The van der Waals surface area contributed by atoms with Crippen LogP contribution >= 0.6 is 0 Å². The molecule has 0 unspecified atom stereocenters. The highest BCUT2D eigenvalue weighted by molar-refractivity contribution is 7.95. The average molecular weight is 485 g/mol. The lowest BCUT2D eigenvalue weighted by Gasteiger charge is -2.23. The standard InChI is InChI=1S/C23H37N3O6S/c1-23(2,3)32-22(29)26-19(11-16-33(4)5)20(27)24-12-14-30-15-13-25-21(28)31-17-18-9-7-6-8-10-18/h6-10,19H,11-17H2,1-5H3,(H2-,24,25,26,27,28,29)/p+1/t19-/m0/s1. The van der Waals surface area contributed by atoms with E-state index < -0.39 is 23.8 Å². The molecular formula is C23H38N3O6S+. The zero-order valence-electron chi connectivity index (χ0n) is 20.3. The second kappa shape index (κ2) is 15.4. The zero-order valence-corrected chi connectivity index (χ0v) is 21.1. The third-order valence-corrected chi connectivity index (χ3v) is 5.15. The van der Waals surface area contributed by atoms with Crippen molar-refractivity contribution in [3.05, 3.63) is 35.9 Å². The summed E-state index contributed by atoms with van der Waals surface area (Å²) in [6, 6.07) is 8.74. The van der Waals surface area contributed by atoms with Gasteiger partial charge in [-0.15, -0.1) is 0 Å². The number of carbonyl (C=O) groups is 3. The minimum Gasteiger partial charge on any atom is -0.445 e. The third-order valence-electron chi connectivity index (χ3n) is 4.10. The van der Waals surface area contributed by atoms with Crippen molar-refractivity contribution < 1.29 is 28.6 Å². The number of benzene rings is 1. The summed E-state index contributed by atoms with van der Waals surface area (Å²) in [5, 5.41) is 8.03. The Kier molecular flexibility index (Phi) is 13.3. The number of carbonyl (C=O) groups excluding carboxylic acids is 3. The van der Waals surface area contributed by atoms with Gasteiger partial charge in [0.2, 0.25) is 5.91 Å². The molecule has 33 heavy (non-hydrogen) atoms. The fourth-order valence-corrected chi connectivity index (χ4v) is 3.25. The van der Waals surface area contributed by atoms with Crippen LogP contribution in [0.25, 0.3) is 0 Å². The molecule has 9 nitrogen and oxygen atoms in total. The normalized spacial score (nSPS) is 12.1. The highest BCUT2D eigenvalue weighted by Crippen LogP contribution is 2.08. The lowest BCUT2D eigenvalue weighted by atomic mass is 10.2. The second-order valence-electron chi connectivity index (χ2n) is 8.57. The van der Waals surface area contributed by atoms with Gasteiger partial charge in [-0.2, -0.15) is 0 Å². The predicted octanol–water partition coefficient (Wildman–Crippen LogP) is 2.21. The maximum absolute atomic E-state index is 12.5. The van der Waals surface area contributed by atoms with Crippen LogP contribution in [0.5, 0.6) is 0 Å². The summed E-state index contributed by atoms with van der Waals surface area (Å²) in [4.78, 5) is 36.2. The molecule has 1 atom stereocenters. The number of alkyl carbamates (subject to hydrolysis) is 2. The monoisotopic (exact) mass is 484 g/mol. The van der Waals surface area contributed by atoms with E-state index in [1.807, 2.05) is 30.3 Å². The SMILES string of the molecule is C[S+](C)CC[C@H](NC(=O)OC(C)(C)C)C(=O)NCCOCCNC(=O)OCc1ccccc1. The van der Waals surface area contributed by atoms with E-state index >= 15 is 0 Å². The van der Waals surface area contributed by atoms with Crippen LogP contribution in [0.3, 0.4) is 0 Å². The van der Waals surface area contributed by atoms with Crippen molar-refractivity contribution >= 4 is 29.0 Å². The summed E-state index contributed by atoms with van der Waals surface area (Å²) in [7, 11) is 0.144. The molecular weight excluding hydrogens is 446 g/mol. The zero-order chi connectivity index (χ0) is 24.7. The summed E-state index contributed by atoms with van der Waals surface area (Å²) in [6.07, 6.45) is 3.56. The molecule has 1 aromatic carbocycles. The highest BCUT2D eigenvalue weighted by atomic mass is 32.2. The van der Waals surface area contributed by atoms with Crippen LogP contribution in [0.2, 0.25) is 0 Å². The van der Waals surface area contributed by atoms with Crippen molar-refractivity contribution in [3.8, 4) is 0 Å². The molecule has 0 aliphatic rings. The second-order valence-corrected chi connectivity index (χ2v) is 10.9. The smallest absolute Gasteiger partial charge is 0.408 e. The first-order valence-corrected chi connectivity index (χ1v) is 13.1. The number of hydrogen-bond donors (Lipinski definition) is 3. The Hall–Kier alpha value is -2.46. The molecule has 0 spiro atoms. The quantitative estimate of drug-likeness (QED) is 0.292. The molecule has 1 rings (SSSR count). The van der Waals surface area contributed by atoms with Gasteiger partial charge < -0.3 is 30.2 Å². The lowest BCUT2D eigenvalue weighted by molar-refractivity contribution is -0.123. The minimum absolute atomic E-state index is 0.144. The molecule has 0 bridgehead atoms. The van der Waals surface area contributed by atoms with Crippen molar-refractivity contribution in [3.63, 3.8) is 0 Å². The summed E-state index contributed by atoms with van der Waals surface area (Å²) < 4.78 is 15.8. The highest BCUT2D eigenvalue weighted by Gasteiger charge is 2.25. The Balaban J connectivity index is 2.22. The molecule has 0 radical (unpaired) electrons. The molecule has 0 heterocycles. The van der Waals surface area contributed by atoms with Gasteiger partial charge in [-0.05, 0) is 37.2 Å². The molecule has 10 heteroatoms. The first-order chi connectivity index (χ1) is 15.6. The van der Waals surface area contributed by atoms with Crippen molar-refractivity contribution in [1.29, 1.82) is 0 Å². The largest absolute Gasteiger partial charge is 0.445 e. The van der Waals surface area contributed by atoms with Gasteiger partial charge in [0.25, 0.3) is 0 Å². The Morgan fingerprint density at radius 3 is 2.21 bits per heavy atom. The summed E-state index contributed by atoms with van der Waals surface area (Å²) in [5.74, 6) is 0.536. The van der Waals surface area contributed by atoms with Crippen LogP contribution in [-0.2, 0) is 36.5 Å². The molecule has 0 saturated heterocycles. The average Bonchev–Trinajstić information content (AvgIpc) is 2.73. The molecule has 3 amide bonds. The molecule has 3 N–H and O–H groups in total. The van der Waals surface area contributed by atoms with Gasteiger partial charge in [0, 0.05) is 19.5 Å². The molecule has 0 saturated carbocycles. The van der Waals surface area contributed by atoms with Crippen molar-refractivity contribution in [2.75, 3.05) is 44.6 Å². The van der Waals surface area contributed by atoms with E-state index in [9.17, 15) is 14.4 Å². The van der Waals surface area contributed by atoms with E-state index in [0.717, 1.165) is 11.3 Å². The van der Waals surface area contributed by atoms with Crippen LogP contribution < -0.4 is 16.0 Å². The predicted molar refractivity (Wildman–Crippen MR) is 130 cm³/mol. The van der Waals surface area contributed by atoms with E-state index in [-0.39, 0.29) is 43.2 Å². The van der Waals surface area contributed by atoms with Gasteiger partial charge in [0.15, 0.2) is 0 Å². The fraction of sp³-hybridized carbons (Fsp3) is 0.609. The van der Waals surface area contributed by atoms with Gasteiger partial charge in [-0.25, -0.2) is 9.59 Å². The number of ether oxygens (including phenoxy) is 3. The Morgan fingerprint density at radius 2 is 1.61 bits per heavy atom. The minimum atomic E-state index is -0.671. The first-order valence-electron chi connectivity index (χ1n) is 10.9.